The van der Waals surface area contributed by atoms with Crippen molar-refractivity contribution in [2.75, 3.05) is 32.7 Å². The zero-order valence-electron chi connectivity index (χ0n) is 17.2. The molecule has 0 bridgehead atoms. The van der Waals surface area contributed by atoms with Gasteiger partial charge in [0, 0.05) is 39.1 Å². The topological polar surface area (TPSA) is 66.6 Å². The van der Waals surface area contributed by atoms with Crippen LogP contribution in [0.3, 0.4) is 0 Å². The first-order chi connectivity index (χ1) is 14.1. The highest BCUT2D eigenvalue weighted by molar-refractivity contribution is 5.80. The minimum absolute atomic E-state index is 0.123. The average molecular weight is 394 g/mol. The number of primary amides is 1. The van der Waals surface area contributed by atoms with E-state index < -0.39 is 0 Å². The summed E-state index contributed by atoms with van der Waals surface area (Å²) in [6.07, 6.45) is 1.97. The van der Waals surface area contributed by atoms with E-state index in [2.05, 4.69) is 36.1 Å². The van der Waals surface area contributed by atoms with Gasteiger partial charge in [-0.25, -0.2) is 0 Å². The van der Waals surface area contributed by atoms with Crippen molar-refractivity contribution in [3.8, 4) is 11.1 Å². The third kappa shape index (κ3) is 5.67. The summed E-state index contributed by atoms with van der Waals surface area (Å²) in [5.74, 6) is -0.199. The fourth-order valence-electron chi connectivity index (χ4n) is 4.09. The Morgan fingerprint density at radius 3 is 2.48 bits per heavy atom. The molecule has 3 rings (SSSR count). The molecule has 0 aromatic heterocycles. The Morgan fingerprint density at radius 1 is 1.03 bits per heavy atom. The van der Waals surface area contributed by atoms with Crippen LogP contribution in [0.5, 0.6) is 0 Å². The van der Waals surface area contributed by atoms with Crippen LogP contribution < -0.4 is 5.73 Å². The van der Waals surface area contributed by atoms with Gasteiger partial charge in [0.25, 0.3) is 0 Å². The molecule has 29 heavy (non-hydrogen) atoms. The van der Waals surface area contributed by atoms with Gasteiger partial charge in [-0.1, -0.05) is 61.5 Å². The Kier molecular flexibility index (Phi) is 7.42. The van der Waals surface area contributed by atoms with E-state index in [4.69, 9.17) is 5.73 Å². The molecule has 0 saturated carbocycles. The molecule has 2 N–H and O–H groups in total. The zero-order valence-corrected chi connectivity index (χ0v) is 17.2. The third-order valence-electron chi connectivity index (χ3n) is 5.56. The van der Waals surface area contributed by atoms with Crippen LogP contribution in [0.1, 0.15) is 25.3 Å². The number of benzene rings is 2. The third-order valence-corrected chi connectivity index (χ3v) is 5.56. The lowest BCUT2D eigenvalue weighted by atomic mass is 9.91. The summed E-state index contributed by atoms with van der Waals surface area (Å²) >= 11 is 0. The number of nitrogens with two attached hydrogens (primary N) is 1. The van der Waals surface area contributed by atoms with Crippen molar-refractivity contribution in [2.24, 2.45) is 11.7 Å². The van der Waals surface area contributed by atoms with E-state index >= 15 is 0 Å². The summed E-state index contributed by atoms with van der Waals surface area (Å²) < 4.78 is 0. The molecule has 1 aliphatic heterocycles. The fraction of sp³-hybridized carbons (Fsp3) is 0.417. The maximum Gasteiger partial charge on any atom is 0.227 e. The molecule has 154 valence electrons. The van der Waals surface area contributed by atoms with Gasteiger partial charge < -0.3 is 15.5 Å². The molecule has 1 saturated heterocycles. The number of carbonyl (C=O) groups is 2. The zero-order chi connectivity index (χ0) is 20.6. The van der Waals surface area contributed by atoms with Crippen molar-refractivity contribution in [3.63, 3.8) is 0 Å². The molecule has 1 heterocycles. The highest BCUT2D eigenvalue weighted by Crippen LogP contribution is 2.27. The monoisotopic (exact) mass is 393 g/mol. The number of rotatable bonds is 8. The van der Waals surface area contributed by atoms with E-state index in [0.29, 0.717) is 32.5 Å². The van der Waals surface area contributed by atoms with Crippen molar-refractivity contribution >= 4 is 11.8 Å². The summed E-state index contributed by atoms with van der Waals surface area (Å²) in [6.45, 7) is 5.65. The molecule has 2 aromatic rings. The molecule has 0 aliphatic carbocycles. The molecule has 0 radical (unpaired) electrons. The van der Waals surface area contributed by atoms with Gasteiger partial charge in [-0.3, -0.25) is 9.59 Å². The number of nitrogens with zero attached hydrogens (tertiary/aromatic N) is 2. The first-order valence-electron chi connectivity index (χ1n) is 10.5. The summed E-state index contributed by atoms with van der Waals surface area (Å²) in [5, 5.41) is 0. The number of hydrogen-bond donors (Lipinski definition) is 1. The fourth-order valence-corrected chi connectivity index (χ4v) is 4.09. The number of carbonyl (C=O) groups excluding carboxylic acids is 2. The molecule has 5 nitrogen and oxygen atoms in total. The maximum absolute atomic E-state index is 13.3. The second-order valence-electron chi connectivity index (χ2n) is 7.77. The minimum atomic E-state index is -0.294. The van der Waals surface area contributed by atoms with Crippen LogP contribution in [0, 0.1) is 5.92 Å². The van der Waals surface area contributed by atoms with Crippen LogP contribution in [-0.4, -0.2) is 54.3 Å². The summed E-state index contributed by atoms with van der Waals surface area (Å²) in [5.41, 5.74) is 8.88. The van der Waals surface area contributed by atoms with Crippen molar-refractivity contribution in [2.45, 2.75) is 26.2 Å². The van der Waals surface area contributed by atoms with Gasteiger partial charge in [-0.2, -0.15) is 0 Å². The van der Waals surface area contributed by atoms with Crippen LogP contribution in [0.25, 0.3) is 11.1 Å². The Hall–Kier alpha value is -2.66. The molecule has 1 atom stereocenters. The molecule has 1 aliphatic rings. The SMILES string of the molecule is CCCN1CCN(CCC(N)=O)CC(Cc2ccccc2-c2ccccc2)C1=O. The van der Waals surface area contributed by atoms with Crippen molar-refractivity contribution in [1.82, 2.24) is 9.80 Å². The lowest BCUT2D eigenvalue weighted by molar-refractivity contribution is -0.134. The molecule has 2 aromatic carbocycles. The predicted octanol–water partition coefficient (Wildman–Crippen LogP) is 2.94. The maximum atomic E-state index is 13.3. The van der Waals surface area contributed by atoms with Crippen LogP contribution >= 0.6 is 0 Å². The van der Waals surface area contributed by atoms with Gasteiger partial charge in [-0.15, -0.1) is 0 Å². The standard InChI is InChI=1S/C24H31N3O2/c1-2-13-27-16-15-26(14-12-23(25)28)18-21(24(27)29)17-20-10-6-7-11-22(20)19-8-4-3-5-9-19/h3-11,21H,2,12-18H2,1H3,(H2,25,28). The van der Waals surface area contributed by atoms with Gasteiger partial charge in [-0.05, 0) is 29.5 Å². The first-order valence-corrected chi connectivity index (χ1v) is 10.5. The molecular formula is C24H31N3O2. The van der Waals surface area contributed by atoms with E-state index in [1.165, 1.54) is 16.7 Å². The number of hydrogen-bond acceptors (Lipinski definition) is 3. The van der Waals surface area contributed by atoms with E-state index in [0.717, 1.165) is 19.5 Å². The summed E-state index contributed by atoms with van der Waals surface area (Å²) in [4.78, 5) is 28.7. The normalized spacial score (nSPS) is 17.9. The molecular weight excluding hydrogens is 362 g/mol. The van der Waals surface area contributed by atoms with Gasteiger partial charge in [0.2, 0.25) is 11.8 Å². The van der Waals surface area contributed by atoms with E-state index in [1.54, 1.807) is 0 Å². The lowest BCUT2D eigenvalue weighted by Crippen LogP contribution is -2.38. The minimum Gasteiger partial charge on any atom is -0.370 e. The van der Waals surface area contributed by atoms with E-state index in [9.17, 15) is 9.59 Å². The van der Waals surface area contributed by atoms with Crippen LogP contribution in [0.4, 0.5) is 0 Å². The van der Waals surface area contributed by atoms with Crippen LogP contribution in [0.2, 0.25) is 0 Å². The van der Waals surface area contributed by atoms with Crippen molar-refractivity contribution in [1.29, 1.82) is 0 Å². The van der Waals surface area contributed by atoms with Gasteiger partial charge >= 0.3 is 0 Å². The Balaban J connectivity index is 1.84. The van der Waals surface area contributed by atoms with Gasteiger partial charge in [0.05, 0.1) is 5.92 Å². The van der Waals surface area contributed by atoms with Gasteiger partial charge in [0.1, 0.15) is 0 Å². The summed E-state index contributed by atoms with van der Waals surface area (Å²) in [7, 11) is 0. The van der Waals surface area contributed by atoms with Gasteiger partial charge in [0.15, 0.2) is 0 Å². The molecule has 2 amide bonds. The molecule has 0 spiro atoms. The van der Waals surface area contributed by atoms with E-state index in [1.807, 2.05) is 35.2 Å². The van der Waals surface area contributed by atoms with Crippen molar-refractivity contribution < 1.29 is 9.59 Å². The Morgan fingerprint density at radius 2 is 1.76 bits per heavy atom. The molecule has 1 unspecified atom stereocenters. The van der Waals surface area contributed by atoms with Crippen LogP contribution in [0.15, 0.2) is 54.6 Å². The smallest absolute Gasteiger partial charge is 0.227 e. The molecule has 5 heteroatoms. The molecule has 1 fully saturated rings. The van der Waals surface area contributed by atoms with Crippen LogP contribution in [-0.2, 0) is 16.0 Å². The highest BCUT2D eigenvalue weighted by Gasteiger charge is 2.30. The predicted molar refractivity (Wildman–Crippen MR) is 116 cm³/mol. The second-order valence-corrected chi connectivity index (χ2v) is 7.77. The Labute approximate surface area is 173 Å². The highest BCUT2D eigenvalue weighted by atomic mass is 16.2. The lowest BCUT2D eigenvalue weighted by Gasteiger charge is -2.24. The van der Waals surface area contributed by atoms with E-state index in [-0.39, 0.29) is 17.7 Å². The number of amides is 2. The largest absolute Gasteiger partial charge is 0.370 e. The summed E-state index contributed by atoms with van der Waals surface area (Å²) in [6, 6.07) is 18.6. The first kappa shape index (κ1) is 21.1. The quantitative estimate of drug-likeness (QED) is 0.750. The average Bonchev–Trinajstić information content (AvgIpc) is 2.87. The van der Waals surface area contributed by atoms with Crippen molar-refractivity contribution in [3.05, 3.63) is 60.2 Å². The Bertz CT molecular complexity index is 822. The second kappa shape index (κ2) is 10.2.